The zero-order valence-electron chi connectivity index (χ0n) is 15.9. The summed E-state index contributed by atoms with van der Waals surface area (Å²) in [5, 5.41) is 34.3. The third-order valence-corrected chi connectivity index (χ3v) is 4.31. The number of hydrogen-bond acceptors (Lipinski definition) is 7. The molecular weight excluding hydrogens is 392 g/mol. The molecule has 158 valence electrons. The first-order valence-corrected chi connectivity index (χ1v) is 9.09. The number of aliphatic hydroxyl groups excluding tert-OH is 3. The first-order chi connectivity index (χ1) is 13.1. The topological polar surface area (TPSA) is 159 Å². The van der Waals surface area contributed by atoms with Gasteiger partial charge in [0.05, 0.1) is 37.3 Å². The van der Waals surface area contributed by atoms with Crippen LogP contribution >= 0.6 is 11.6 Å². The van der Waals surface area contributed by atoms with E-state index in [0.717, 1.165) is 12.0 Å². The summed E-state index contributed by atoms with van der Waals surface area (Å²) in [5.41, 5.74) is 5.84. The Bertz CT molecular complexity index is 832. The van der Waals surface area contributed by atoms with Crippen molar-refractivity contribution in [1.29, 1.82) is 0 Å². The summed E-state index contributed by atoms with van der Waals surface area (Å²) in [6, 6.07) is 3.43. The lowest BCUT2D eigenvalue weighted by molar-refractivity contribution is -0.137. The normalized spacial score (nSPS) is 11.6. The van der Waals surface area contributed by atoms with Crippen molar-refractivity contribution in [2.75, 3.05) is 19.8 Å². The third kappa shape index (κ3) is 6.61. The Labute approximate surface area is 167 Å². The summed E-state index contributed by atoms with van der Waals surface area (Å²) in [6.07, 6.45) is 0.651. The number of nitrogens with two attached hydrogens (primary N) is 1. The molecule has 0 bridgehead atoms. The van der Waals surface area contributed by atoms with Gasteiger partial charge < -0.3 is 30.6 Å². The fraction of sp³-hybridized carbons (Fsp3) is 0.556. The SMILES string of the molecule is CC(C)Cc1cc2oc(=O)n(CCC(=O)O)c2cc1Cl.NC(CO)(CO)CO. The van der Waals surface area contributed by atoms with Crippen molar-refractivity contribution in [1.82, 2.24) is 4.57 Å². The minimum atomic E-state index is -1.21. The van der Waals surface area contributed by atoms with Gasteiger partial charge in [0.1, 0.15) is 0 Å². The van der Waals surface area contributed by atoms with Crippen LogP contribution in [0.3, 0.4) is 0 Å². The van der Waals surface area contributed by atoms with Crippen LogP contribution in [-0.4, -0.2) is 56.3 Å². The van der Waals surface area contributed by atoms with Gasteiger partial charge >= 0.3 is 11.7 Å². The molecule has 2 aromatic rings. The van der Waals surface area contributed by atoms with E-state index >= 15 is 0 Å². The van der Waals surface area contributed by atoms with E-state index in [0.29, 0.717) is 22.0 Å². The molecule has 0 aliphatic heterocycles. The Morgan fingerprint density at radius 2 is 1.82 bits per heavy atom. The maximum Gasteiger partial charge on any atom is 0.419 e. The number of nitrogens with zero attached hydrogens (tertiary/aromatic N) is 1. The number of rotatable bonds is 8. The standard InChI is InChI=1S/C14H16ClNO4.C4H11NO3/c1-8(2)5-9-6-12-11(7-10(9)15)16(14(19)20-12)4-3-13(17)18;5-4(1-6,2-7)3-8/h6-8H,3-5H2,1-2H3,(H,17,18);6-8H,1-3,5H2. The predicted octanol–water partition coefficient (Wildman–Crippen LogP) is 0.582. The lowest BCUT2D eigenvalue weighted by atomic mass is 10.0. The molecule has 0 amide bonds. The highest BCUT2D eigenvalue weighted by Crippen LogP contribution is 2.25. The van der Waals surface area contributed by atoms with Crippen LogP contribution in [0.4, 0.5) is 0 Å². The second-order valence-electron chi connectivity index (χ2n) is 7.01. The smallest absolute Gasteiger partial charge is 0.419 e. The molecule has 10 heteroatoms. The number of aliphatic carboxylic acids is 1. The maximum atomic E-state index is 11.8. The molecule has 2 rings (SSSR count). The Morgan fingerprint density at radius 3 is 2.25 bits per heavy atom. The number of halogens is 1. The minimum absolute atomic E-state index is 0.0705. The summed E-state index contributed by atoms with van der Waals surface area (Å²) in [5.74, 6) is -1.08. The Balaban J connectivity index is 0.000000416. The molecule has 0 aliphatic carbocycles. The van der Waals surface area contributed by atoms with Crippen LogP contribution in [0, 0.1) is 5.92 Å². The van der Waals surface area contributed by atoms with Crippen molar-refractivity contribution < 1.29 is 29.6 Å². The lowest BCUT2D eigenvalue weighted by Gasteiger charge is -2.20. The Kier molecular flexibility index (Phi) is 9.12. The first-order valence-electron chi connectivity index (χ1n) is 8.72. The van der Waals surface area contributed by atoms with Crippen molar-refractivity contribution in [3.8, 4) is 0 Å². The van der Waals surface area contributed by atoms with E-state index in [1.807, 2.05) is 0 Å². The summed E-state index contributed by atoms with van der Waals surface area (Å²) >= 11 is 6.22. The first kappa shape index (κ1) is 24.1. The van der Waals surface area contributed by atoms with E-state index in [9.17, 15) is 9.59 Å². The molecule has 1 aromatic heterocycles. The molecule has 28 heavy (non-hydrogen) atoms. The van der Waals surface area contributed by atoms with E-state index in [2.05, 4.69) is 13.8 Å². The number of fused-ring (bicyclic) bond motifs is 1. The molecule has 1 aromatic carbocycles. The fourth-order valence-corrected chi connectivity index (χ4v) is 2.53. The summed E-state index contributed by atoms with van der Waals surface area (Å²) in [4.78, 5) is 22.4. The average molecular weight is 419 g/mol. The van der Waals surface area contributed by atoms with E-state index in [1.165, 1.54) is 4.57 Å². The second-order valence-corrected chi connectivity index (χ2v) is 7.42. The summed E-state index contributed by atoms with van der Waals surface area (Å²) in [6.45, 7) is 3.02. The number of oxazole rings is 1. The van der Waals surface area contributed by atoms with E-state index in [1.54, 1.807) is 12.1 Å². The molecular formula is C18H27ClN2O7. The lowest BCUT2D eigenvalue weighted by Crippen LogP contribution is -2.50. The van der Waals surface area contributed by atoms with Crippen molar-refractivity contribution in [2.45, 2.75) is 38.8 Å². The van der Waals surface area contributed by atoms with Crippen molar-refractivity contribution in [2.24, 2.45) is 11.7 Å². The van der Waals surface area contributed by atoms with Crippen molar-refractivity contribution in [3.63, 3.8) is 0 Å². The van der Waals surface area contributed by atoms with Gasteiger partial charge in [0.25, 0.3) is 0 Å². The highest BCUT2D eigenvalue weighted by molar-refractivity contribution is 6.32. The number of benzene rings is 1. The van der Waals surface area contributed by atoms with Gasteiger partial charge in [-0.25, -0.2) is 4.79 Å². The van der Waals surface area contributed by atoms with Crippen LogP contribution in [0.1, 0.15) is 25.8 Å². The van der Waals surface area contributed by atoms with E-state index < -0.39 is 37.1 Å². The number of aryl methyl sites for hydroxylation is 1. The highest BCUT2D eigenvalue weighted by atomic mass is 35.5. The molecule has 0 fully saturated rings. The molecule has 0 atom stereocenters. The quantitative estimate of drug-likeness (QED) is 0.416. The molecule has 0 radical (unpaired) electrons. The van der Waals surface area contributed by atoms with E-state index in [-0.39, 0.29) is 13.0 Å². The van der Waals surface area contributed by atoms with Crippen LogP contribution in [0.2, 0.25) is 5.02 Å². The molecule has 0 unspecified atom stereocenters. The van der Waals surface area contributed by atoms with Gasteiger partial charge in [-0.3, -0.25) is 9.36 Å². The third-order valence-electron chi connectivity index (χ3n) is 3.96. The fourth-order valence-electron chi connectivity index (χ4n) is 2.29. The van der Waals surface area contributed by atoms with Gasteiger partial charge in [0, 0.05) is 11.6 Å². The summed E-state index contributed by atoms with van der Waals surface area (Å²) < 4.78 is 6.46. The number of aliphatic hydroxyl groups is 3. The van der Waals surface area contributed by atoms with Gasteiger partial charge in [-0.1, -0.05) is 25.4 Å². The minimum Gasteiger partial charge on any atom is -0.481 e. The van der Waals surface area contributed by atoms with Crippen molar-refractivity contribution >= 4 is 28.7 Å². The molecule has 0 spiro atoms. The number of hydrogen-bond donors (Lipinski definition) is 5. The molecule has 0 saturated carbocycles. The highest BCUT2D eigenvalue weighted by Gasteiger charge is 2.20. The number of carbonyl (C=O) groups is 1. The number of aromatic nitrogens is 1. The molecule has 6 N–H and O–H groups in total. The summed E-state index contributed by atoms with van der Waals surface area (Å²) in [7, 11) is 0. The van der Waals surface area contributed by atoms with Gasteiger partial charge in [0.15, 0.2) is 5.58 Å². The van der Waals surface area contributed by atoms with Crippen molar-refractivity contribution in [3.05, 3.63) is 33.3 Å². The van der Waals surface area contributed by atoms with Gasteiger partial charge in [0.2, 0.25) is 0 Å². The van der Waals surface area contributed by atoms with Crippen LogP contribution in [0.15, 0.2) is 21.3 Å². The van der Waals surface area contributed by atoms with Crippen LogP contribution in [0.25, 0.3) is 11.1 Å². The molecule has 0 aliphatic rings. The molecule has 0 saturated heterocycles. The maximum absolute atomic E-state index is 11.8. The largest absolute Gasteiger partial charge is 0.481 e. The average Bonchev–Trinajstić information content (AvgIpc) is 2.94. The zero-order valence-corrected chi connectivity index (χ0v) is 16.6. The van der Waals surface area contributed by atoms with Crippen LogP contribution in [0.5, 0.6) is 0 Å². The van der Waals surface area contributed by atoms with Gasteiger partial charge in [-0.05, 0) is 30.0 Å². The molecule has 1 heterocycles. The Morgan fingerprint density at radius 1 is 1.25 bits per heavy atom. The van der Waals surface area contributed by atoms with Crippen LogP contribution in [-0.2, 0) is 17.8 Å². The van der Waals surface area contributed by atoms with E-state index in [4.69, 9.17) is 42.2 Å². The zero-order chi connectivity index (χ0) is 21.5. The number of carboxylic acid groups (broad SMARTS) is 1. The molecule has 9 nitrogen and oxygen atoms in total. The second kappa shape index (κ2) is 10.6. The van der Waals surface area contributed by atoms with Crippen LogP contribution < -0.4 is 11.5 Å². The Hall–Kier alpha value is -1.91. The number of carboxylic acids is 1. The van der Waals surface area contributed by atoms with Gasteiger partial charge in [-0.2, -0.15) is 0 Å². The predicted molar refractivity (Wildman–Crippen MR) is 104 cm³/mol. The monoisotopic (exact) mass is 418 g/mol. The van der Waals surface area contributed by atoms with Gasteiger partial charge in [-0.15, -0.1) is 0 Å².